The lowest BCUT2D eigenvalue weighted by Crippen LogP contribution is -2.34. The van der Waals surface area contributed by atoms with Gasteiger partial charge in [0.2, 0.25) is 0 Å². The number of anilines is 1. The number of aromatic nitrogens is 2. The predicted molar refractivity (Wildman–Crippen MR) is 90.9 cm³/mol. The van der Waals surface area contributed by atoms with Crippen molar-refractivity contribution in [3.8, 4) is 0 Å². The van der Waals surface area contributed by atoms with Crippen LogP contribution in [0.4, 0.5) is 10.1 Å². The van der Waals surface area contributed by atoms with Crippen molar-refractivity contribution in [3.05, 3.63) is 48.0 Å². The highest BCUT2D eigenvalue weighted by molar-refractivity contribution is 7.80. The molecule has 2 N–H and O–H groups in total. The van der Waals surface area contributed by atoms with Gasteiger partial charge in [-0.1, -0.05) is 12.1 Å². The van der Waals surface area contributed by atoms with Crippen LogP contribution in [0.2, 0.25) is 0 Å². The van der Waals surface area contributed by atoms with E-state index in [4.69, 9.17) is 17.0 Å². The quantitative estimate of drug-likeness (QED) is 0.823. The van der Waals surface area contributed by atoms with Crippen molar-refractivity contribution < 1.29 is 9.13 Å². The zero-order valence-corrected chi connectivity index (χ0v) is 13.5. The molecule has 122 valence electrons. The lowest BCUT2D eigenvalue weighted by molar-refractivity contribution is 0.114. The first-order valence-corrected chi connectivity index (χ1v) is 8.03. The molecule has 1 unspecified atom stereocenters. The Bertz CT molecular complexity index is 670. The van der Waals surface area contributed by atoms with Gasteiger partial charge in [-0.05, 0) is 42.8 Å². The summed E-state index contributed by atoms with van der Waals surface area (Å²) in [5.41, 5.74) is 1.66. The number of halogens is 1. The Balaban J connectivity index is 1.49. The van der Waals surface area contributed by atoms with E-state index in [0.29, 0.717) is 18.2 Å². The van der Waals surface area contributed by atoms with Gasteiger partial charge in [0.1, 0.15) is 5.82 Å². The molecule has 0 aliphatic carbocycles. The summed E-state index contributed by atoms with van der Waals surface area (Å²) >= 11 is 5.26. The molecule has 23 heavy (non-hydrogen) atoms. The van der Waals surface area contributed by atoms with Gasteiger partial charge in [0.15, 0.2) is 5.11 Å². The molecule has 7 heteroatoms. The summed E-state index contributed by atoms with van der Waals surface area (Å²) in [6, 6.07) is 6.49. The number of rotatable bonds is 5. The lowest BCUT2D eigenvalue weighted by atomic mass is 10.2. The first-order valence-electron chi connectivity index (χ1n) is 7.62. The Morgan fingerprint density at radius 1 is 1.48 bits per heavy atom. The minimum absolute atomic E-state index is 0.241. The Kier molecular flexibility index (Phi) is 5.19. The number of thiocarbonyl (C=S) groups is 1. The van der Waals surface area contributed by atoms with E-state index in [1.807, 2.05) is 12.3 Å². The highest BCUT2D eigenvalue weighted by atomic mass is 32.1. The van der Waals surface area contributed by atoms with Gasteiger partial charge in [-0.2, -0.15) is 5.10 Å². The second kappa shape index (κ2) is 7.52. The van der Waals surface area contributed by atoms with Crippen LogP contribution in [-0.4, -0.2) is 34.1 Å². The average Bonchev–Trinajstić information content (AvgIpc) is 3.17. The predicted octanol–water partition coefficient (Wildman–Crippen LogP) is 2.54. The third-order valence-electron chi connectivity index (χ3n) is 3.64. The van der Waals surface area contributed by atoms with Crippen molar-refractivity contribution in [1.82, 2.24) is 15.1 Å². The number of ether oxygens (including phenoxy) is 1. The largest absolute Gasteiger partial charge is 0.376 e. The molecule has 1 fully saturated rings. The first-order chi connectivity index (χ1) is 11.2. The summed E-state index contributed by atoms with van der Waals surface area (Å²) < 4.78 is 20.5. The molecular weight excluding hydrogens is 315 g/mol. The van der Waals surface area contributed by atoms with E-state index >= 15 is 0 Å². The average molecular weight is 334 g/mol. The molecule has 2 heterocycles. The van der Waals surface area contributed by atoms with Gasteiger partial charge in [0.25, 0.3) is 0 Å². The summed E-state index contributed by atoms with van der Waals surface area (Å²) in [5, 5.41) is 11.0. The highest BCUT2D eigenvalue weighted by Crippen LogP contribution is 2.11. The summed E-state index contributed by atoms with van der Waals surface area (Å²) in [6.45, 7) is 2.05. The molecule has 1 aromatic carbocycles. The van der Waals surface area contributed by atoms with Crippen molar-refractivity contribution in [2.24, 2.45) is 0 Å². The molecule has 0 spiro atoms. The topological polar surface area (TPSA) is 51.1 Å². The molecular formula is C16H19FN4OS. The van der Waals surface area contributed by atoms with Crippen molar-refractivity contribution >= 4 is 23.0 Å². The van der Waals surface area contributed by atoms with Crippen LogP contribution in [-0.2, 0) is 11.3 Å². The van der Waals surface area contributed by atoms with Gasteiger partial charge in [-0.3, -0.25) is 4.68 Å². The number of hydrogen-bond donors (Lipinski definition) is 2. The monoisotopic (exact) mass is 334 g/mol. The third-order valence-corrected chi connectivity index (χ3v) is 3.89. The molecule has 1 atom stereocenters. The van der Waals surface area contributed by atoms with E-state index in [1.165, 1.54) is 12.1 Å². The number of benzene rings is 1. The van der Waals surface area contributed by atoms with Crippen LogP contribution in [0.3, 0.4) is 0 Å². The van der Waals surface area contributed by atoms with Crippen LogP contribution in [0.15, 0.2) is 36.7 Å². The van der Waals surface area contributed by atoms with E-state index in [0.717, 1.165) is 30.7 Å². The van der Waals surface area contributed by atoms with Crippen LogP contribution in [0.5, 0.6) is 0 Å². The molecule has 1 aliphatic rings. The van der Waals surface area contributed by atoms with Crippen LogP contribution in [0.25, 0.3) is 0 Å². The number of hydrogen-bond acceptors (Lipinski definition) is 3. The molecule has 0 bridgehead atoms. The zero-order chi connectivity index (χ0) is 16.1. The SMILES string of the molecule is Fc1cccc(Cn2cc(NC(=S)NCC3CCCO3)cn2)c1. The molecule has 2 aromatic rings. The maximum absolute atomic E-state index is 13.2. The third kappa shape index (κ3) is 4.74. The molecule has 0 saturated carbocycles. The summed E-state index contributed by atoms with van der Waals surface area (Å²) in [4.78, 5) is 0. The minimum Gasteiger partial charge on any atom is -0.376 e. The van der Waals surface area contributed by atoms with Crippen molar-refractivity contribution in [2.75, 3.05) is 18.5 Å². The second-order valence-electron chi connectivity index (χ2n) is 5.53. The van der Waals surface area contributed by atoms with Gasteiger partial charge in [-0.15, -0.1) is 0 Å². The molecule has 5 nitrogen and oxygen atoms in total. The Hall–Kier alpha value is -1.99. The zero-order valence-electron chi connectivity index (χ0n) is 12.7. The summed E-state index contributed by atoms with van der Waals surface area (Å²) in [5.74, 6) is -0.243. The summed E-state index contributed by atoms with van der Waals surface area (Å²) in [6.07, 6.45) is 5.95. The molecule has 1 aliphatic heterocycles. The molecule has 3 rings (SSSR count). The Labute approximate surface area is 139 Å². The maximum atomic E-state index is 13.2. The van der Waals surface area contributed by atoms with Gasteiger partial charge < -0.3 is 15.4 Å². The van der Waals surface area contributed by atoms with Crippen LogP contribution in [0, 0.1) is 5.82 Å². The fourth-order valence-electron chi connectivity index (χ4n) is 2.52. The molecule has 0 radical (unpaired) electrons. The van der Waals surface area contributed by atoms with Crippen LogP contribution < -0.4 is 10.6 Å². The minimum atomic E-state index is -0.243. The number of nitrogens with one attached hydrogen (secondary N) is 2. The molecule has 0 amide bonds. The van der Waals surface area contributed by atoms with Crippen molar-refractivity contribution in [2.45, 2.75) is 25.5 Å². The Morgan fingerprint density at radius 3 is 3.17 bits per heavy atom. The number of nitrogens with zero attached hydrogens (tertiary/aromatic N) is 2. The molecule has 1 aromatic heterocycles. The van der Waals surface area contributed by atoms with Crippen LogP contribution >= 0.6 is 12.2 Å². The summed E-state index contributed by atoms with van der Waals surface area (Å²) in [7, 11) is 0. The van der Waals surface area contributed by atoms with E-state index < -0.39 is 0 Å². The Morgan fingerprint density at radius 2 is 2.39 bits per heavy atom. The molecule has 1 saturated heterocycles. The maximum Gasteiger partial charge on any atom is 0.170 e. The first kappa shape index (κ1) is 15.9. The van der Waals surface area contributed by atoms with Gasteiger partial charge in [0, 0.05) is 19.3 Å². The van der Waals surface area contributed by atoms with Crippen molar-refractivity contribution in [3.63, 3.8) is 0 Å². The highest BCUT2D eigenvalue weighted by Gasteiger charge is 2.15. The van der Waals surface area contributed by atoms with E-state index in [1.54, 1.807) is 16.9 Å². The fourth-order valence-corrected chi connectivity index (χ4v) is 2.73. The standard InChI is InChI=1S/C16H19FN4OS/c17-13-4-1-3-12(7-13)10-21-11-14(8-19-21)20-16(23)18-9-15-5-2-6-22-15/h1,3-4,7-8,11,15H,2,5-6,9-10H2,(H2,18,20,23). The van der Waals surface area contributed by atoms with Gasteiger partial charge in [0.05, 0.1) is 24.5 Å². The van der Waals surface area contributed by atoms with Crippen molar-refractivity contribution in [1.29, 1.82) is 0 Å². The van der Waals surface area contributed by atoms with E-state index in [9.17, 15) is 4.39 Å². The van der Waals surface area contributed by atoms with Crippen LogP contribution in [0.1, 0.15) is 18.4 Å². The van der Waals surface area contributed by atoms with Gasteiger partial charge >= 0.3 is 0 Å². The van der Waals surface area contributed by atoms with E-state index in [2.05, 4.69) is 15.7 Å². The van der Waals surface area contributed by atoms with E-state index in [-0.39, 0.29) is 11.9 Å². The van der Waals surface area contributed by atoms with Gasteiger partial charge in [-0.25, -0.2) is 4.39 Å². The lowest BCUT2D eigenvalue weighted by Gasteiger charge is -2.13. The normalized spacial score (nSPS) is 17.2. The second-order valence-corrected chi connectivity index (χ2v) is 5.93. The smallest absolute Gasteiger partial charge is 0.170 e. The fraction of sp³-hybridized carbons (Fsp3) is 0.375.